The number of nitrogens with zero attached hydrogens (tertiary/aromatic N) is 2. The van der Waals surface area contributed by atoms with Crippen LogP contribution in [0, 0.1) is 5.41 Å². The molecule has 11 heteroatoms. The molecule has 0 radical (unpaired) electrons. The lowest BCUT2D eigenvalue weighted by Crippen LogP contribution is -2.36. The summed E-state index contributed by atoms with van der Waals surface area (Å²) < 4.78 is 78.4. The number of amidine groups is 1. The molecular weight excluding hydrogens is 520 g/mol. The molecule has 2 aromatic carbocycles. The second kappa shape index (κ2) is 11.0. The van der Waals surface area contributed by atoms with E-state index in [1.54, 1.807) is 11.0 Å². The van der Waals surface area contributed by atoms with E-state index < -0.39 is 28.9 Å². The molecule has 0 saturated carbocycles. The van der Waals surface area contributed by atoms with Crippen LogP contribution in [-0.4, -0.2) is 33.5 Å². The molecule has 0 amide bonds. The Bertz CT molecular complexity index is 1110. The zero-order valence-electron chi connectivity index (χ0n) is 20.0. The Morgan fingerprint density at radius 3 is 2.25 bits per heavy atom. The Morgan fingerprint density at radius 1 is 1.03 bits per heavy atom. The number of aliphatic imine (C=N–C) groups is 1. The lowest BCUT2D eigenvalue weighted by Gasteiger charge is -2.25. The maximum Gasteiger partial charge on any atom is 0.416 e. The Balaban J connectivity index is 1.73. The topological polar surface area (TPSA) is 27.6 Å². The van der Waals surface area contributed by atoms with Crippen molar-refractivity contribution < 1.29 is 26.3 Å². The van der Waals surface area contributed by atoms with Gasteiger partial charge in [-0.05, 0) is 60.3 Å². The molecule has 3 nitrogen and oxygen atoms in total. The van der Waals surface area contributed by atoms with E-state index in [-0.39, 0.29) is 16.0 Å². The highest BCUT2D eigenvalue weighted by Gasteiger charge is 2.33. The standard InChI is InChI=1S/C25H27F6N3S2/c1-4-20-14-34(21(35)33-19-10-6-9-18(12-19)25(29,30)31)22(36-20)32-15-23(2,3)13-16-7-5-8-17(11-16)24(26,27)28/h5-12,20H,4,13-15H2,1-3H3,(H,33,35). The quantitative estimate of drug-likeness (QED) is 0.294. The van der Waals surface area contributed by atoms with Gasteiger partial charge in [0.05, 0.1) is 11.1 Å². The predicted octanol–water partition coefficient (Wildman–Crippen LogP) is 7.87. The van der Waals surface area contributed by atoms with Gasteiger partial charge in [-0.3, -0.25) is 9.89 Å². The molecule has 1 aliphatic rings. The van der Waals surface area contributed by atoms with Crippen molar-refractivity contribution in [2.45, 2.75) is 51.2 Å². The highest BCUT2D eigenvalue weighted by Crippen LogP contribution is 2.34. The molecular formula is C25H27F6N3S2. The summed E-state index contributed by atoms with van der Waals surface area (Å²) >= 11 is 7.04. The van der Waals surface area contributed by atoms with Crippen LogP contribution in [0.3, 0.4) is 0 Å². The van der Waals surface area contributed by atoms with Crippen molar-refractivity contribution in [3.05, 3.63) is 65.2 Å². The third kappa shape index (κ3) is 7.61. The van der Waals surface area contributed by atoms with E-state index in [1.807, 2.05) is 20.8 Å². The molecule has 0 bridgehead atoms. The molecule has 1 heterocycles. The number of hydrogen-bond donors (Lipinski definition) is 1. The van der Waals surface area contributed by atoms with Crippen molar-refractivity contribution in [3.8, 4) is 0 Å². The predicted molar refractivity (Wildman–Crippen MR) is 137 cm³/mol. The number of hydrogen-bond acceptors (Lipinski definition) is 3. The van der Waals surface area contributed by atoms with E-state index in [1.165, 1.54) is 30.0 Å². The molecule has 1 saturated heterocycles. The van der Waals surface area contributed by atoms with Gasteiger partial charge in [0, 0.05) is 24.0 Å². The molecule has 36 heavy (non-hydrogen) atoms. The van der Waals surface area contributed by atoms with Crippen molar-refractivity contribution >= 4 is 39.9 Å². The summed E-state index contributed by atoms with van der Waals surface area (Å²) in [6.07, 6.45) is -7.63. The van der Waals surface area contributed by atoms with Crippen LogP contribution in [0.15, 0.2) is 53.5 Å². The monoisotopic (exact) mass is 547 g/mol. The van der Waals surface area contributed by atoms with Crippen molar-refractivity contribution in [3.63, 3.8) is 0 Å². The fraction of sp³-hybridized carbons (Fsp3) is 0.440. The first-order valence-corrected chi connectivity index (χ1v) is 12.6. The Hall–Kier alpha value is -2.27. The van der Waals surface area contributed by atoms with E-state index >= 15 is 0 Å². The van der Waals surface area contributed by atoms with Gasteiger partial charge >= 0.3 is 12.4 Å². The van der Waals surface area contributed by atoms with Crippen LogP contribution in [0.5, 0.6) is 0 Å². The lowest BCUT2D eigenvalue weighted by molar-refractivity contribution is -0.138. The number of alkyl halides is 6. The van der Waals surface area contributed by atoms with Crippen LogP contribution in [-0.2, 0) is 18.8 Å². The van der Waals surface area contributed by atoms with Crippen LogP contribution in [0.4, 0.5) is 32.0 Å². The van der Waals surface area contributed by atoms with Gasteiger partial charge in [0.2, 0.25) is 0 Å². The minimum absolute atomic E-state index is 0.205. The van der Waals surface area contributed by atoms with Crippen molar-refractivity contribution in [2.75, 3.05) is 18.4 Å². The van der Waals surface area contributed by atoms with Crippen LogP contribution in [0.2, 0.25) is 0 Å². The van der Waals surface area contributed by atoms with E-state index in [0.717, 1.165) is 30.7 Å². The zero-order chi connectivity index (χ0) is 26.7. The number of anilines is 1. The molecule has 1 N–H and O–H groups in total. The zero-order valence-corrected chi connectivity index (χ0v) is 21.6. The minimum Gasteiger partial charge on any atom is -0.332 e. The summed E-state index contributed by atoms with van der Waals surface area (Å²) in [6.45, 7) is 6.78. The molecule has 1 fully saturated rings. The first-order chi connectivity index (χ1) is 16.7. The second-order valence-corrected chi connectivity index (χ2v) is 11.1. The average Bonchev–Trinajstić information content (AvgIpc) is 3.20. The number of nitrogens with one attached hydrogen (secondary N) is 1. The Kier molecular flexibility index (Phi) is 8.65. The van der Waals surface area contributed by atoms with Gasteiger partial charge in [-0.15, -0.1) is 0 Å². The van der Waals surface area contributed by atoms with Gasteiger partial charge in [0.15, 0.2) is 10.3 Å². The molecule has 0 aromatic heterocycles. The van der Waals surface area contributed by atoms with E-state index in [4.69, 9.17) is 17.2 Å². The maximum atomic E-state index is 13.1. The molecule has 1 atom stereocenters. The molecule has 3 rings (SSSR count). The van der Waals surface area contributed by atoms with E-state index in [9.17, 15) is 26.3 Å². The van der Waals surface area contributed by atoms with Crippen molar-refractivity contribution in [2.24, 2.45) is 10.4 Å². The number of thioether (sulfide) groups is 1. The highest BCUT2D eigenvalue weighted by atomic mass is 32.2. The third-order valence-corrected chi connectivity index (χ3v) is 7.31. The van der Waals surface area contributed by atoms with Gasteiger partial charge in [0.1, 0.15) is 0 Å². The average molecular weight is 548 g/mol. The van der Waals surface area contributed by atoms with Gasteiger partial charge in [-0.2, -0.15) is 26.3 Å². The van der Waals surface area contributed by atoms with Crippen molar-refractivity contribution in [1.82, 2.24) is 4.90 Å². The Morgan fingerprint density at radius 2 is 1.64 bits per heavy atom. The summed E-state index contributed by atoms with van der Waals surface area (Å²) in [4.78, 5) is 6.51. The molecule has 2 aromatic rings. The lowest BCUT2D eigenvalue weighted by atomic mass is 9.85. The van der Waals surface area contributed by atoms with Crippen LogP contribution in [0.25, 0.3) is 0 Å². The minimum atomic E-state index is -4.46. The number of thiocarbonyl (C=S) groups is 1. The van der Waals surface area contributed by atoms with Crippen LogP contribution in [0.1, 0.15) is 43.9 Å². The van der Waals surface area contributed by atoms with Gasteiger partial charge in [-0.25, -0.2) is 0 Å². The summed E-state index contributed by atoms with van der Waals surface area (Å²) in [5.74, 6) is 0. The van der Waals surface area contributed by atoms with Crippen LogP contribution < -0.4 is 5.32 Å². The van der Waals surface area contributed by atoms with Gasteiger partial charge in [-0.1, -0.05) is 56.8 Å². The fourth-order valence-electron chi connectivity index (χ4n) is 3.75. The number of benzene rings is 2. The van der Waals surface area contributed by atoms with E-state index in [0.29, 0.717) is 30.2 Å². The van der Waals surface area contributed by atoms with Gasteiger partial charge < -0.3 is 5.32 Å². The summed E-state index contributed by atoms with van der Waals surface area (Å²) in [5, 5.41) is 3.98. The first kappa shape index (κ1) is 28.3. The summed E-state index contributed by atoms with van der Waals surface area (Å²) in [5.41, 5.74) is -1.11. The molecule has 0 spiro atoms. The molecule has 196 valence electrons. The van der Waals surface area contributed by atoms with E-state index in [2.05, 4.69) is 5.32 Å². The molecule has 1 unspecified atom stereocenters. The van der Waals surface area contributed by atoms with Crippen molar-refractivity contribution in [1.29, 1.82) is 0 Å². The normalized spacial score (nSPS) is 18.1. The highest BCUT2D eigenvalue weighted by molar-refractivity contribution is 8.14. The maximum absolute atomic E-state index is 13.1. The smallest absolute Gasteiger partial charge is 0.332 e. The van der Waals surface area contributed by atoms with Crippen LogP contribution >= 0.6 is 24.0 Å². The first-order valence-electron chi connectivity index (χ1n) is 11.3. The number of halogens is 6. The Labute approximate surface area is 216 Å². The second-order valence-electron chi connectivity index (χ2n) is 9.41. The molecule has 1 aliphatic heterocycles. The SMILES string of the molecule is CCC1CN(C(=S)Nc2cccc(C(F)(F)F)c2)C(=NCC(C)(C)Cc2cccc(C(F)(F)F)c2)S1. The largest absolute Gasteiger partial charge is 0.416 e. The third-order valence-electron chi connectivity index (χ3n) is 5.61. The number of rotatable bonds is 6. The van der Waals surface area contributed by atoms with Gasteiger partial charge in [0.25, 0.3) is 0 Å². The molecule has 0 aliphatic carbocycles. The fourth-order valence-corrected chi connectivity index (χ4v) is 5.21. The summed E-state index contributed by atoms with van der Waals surface area (Å²) in [6, 6.07) is 10.1. The summed E-state index contributed by atoms with van der Waals surface area (Å²) in [7, 11) is 0.